The van der Waals surface area contributed by atoms with Gasteiger partial charge in [-0.05, 0) is 37.3 Å². The Morgan fingerprint density at radius 2 is 1.83 bits per heavy atom. The lowest BCUT2D eigenvalue weighted by molar-refractivity contribution is -0.117. The average Bonchev–Trinajstić information content (AvgIpc) is 2.74. The maximum atomic E-state index is 12.5. The van der Waals surface area contributed by atoms with E-state index in [1.807, 2.05) is 37.3 Å². The zero-order chi connectivity index (χ0) is 21.2. The van der Waals surface area contributed by atoms with Crippen LogP contribution in [0.3, 0.4) is 0 Å². The quantitative estimate of drug-likeness (QED) is 0.393. The third-order valence-electron chi connectivity index (χ3n) is 4.17. The summed E-state index contributed by atoms with van der Waals surface area (Å²) in [7, 11) is 1.30. The molecule has 2 N–H and O–H groups in total. The molecule has 29 heavy (non-hydrogen) atoms. The molecule has 0 spiro atoms. The molecule has 0 saturated carbocycles. The fraction of sp³-hybridized carbons (Fsp3) is 0.227. The van der Waals surface area contributed by atoms with E-state index in [0.717, 1.165) is 5.56 Å². The monoisotopic (exact) mass is 409 g/mol. The molecule has 2 aromatic carbocycles. The van der Waals surface area contributed by atoms with Gasteiger partial charge in [0, 0.05) is 6.54 Å². The fourth-order valence-electron chi connectivity index (χ4n) is 2.59. The summed E-state index contributed by atoms with van der Waals surface area (Å²) in [5.41, 5.74) is 3.02. The van der Waals surface area contributed by atoms with E-state index in [0.29, 0.717) is 29.2 Å². The third kappa shape index (κ3) is 6.13. The predicted octanol–water partition coefficient (Wildman–Crippen LogP) is 3.65. The molecule has 0 fully saturated rings. The van der Waals surface area contributed by atoms with E-state index in [1.54, 1.807) is 30.5 Å². The molecule has 2 rings (SSSR count). The minimum atomic E-state index is -0.505. The van der Waals surface area contributed by atoms with Crippen LogP contribution in [0.15, 0.2) is 59.1 Å². The van der Waals surface area contributed by atoms with E-state index in [4.69, 9.17) is 4.74 Å². The first-order chi connectivity index (χ1) is 14.0. The molecule has 7 heteroatoms. The van der Waals surface area contributed by atoms with Gasteiger partial charge in [-0.3, -0.25) is 4.79 Å². The van der Waals surface area contributed by atoms with E-state index in [1.165, 1.54) is 24.4 Å². The van der Waals surface area contributed by atoms with Crippen LogP contribution in [-0.4, -0.2) is 31.8 Å². The highest BCUT2D eigenvalue weighted by Gasteiger charge is 2.18. The SMILES string of the molecule is COC(=O)c1ccccc1NC(SC)=C(C#N)C(=O)NCCc1ccc(C)cc1. The second kappa shape index (κ2) is 10.9. The van der Waals surface area contributed by atoms with Gasteiger partial charge < -0.3 is 15.4 Å². The van der Waals surface area contributed by atoms with Gasteiger partial charge in [0.15, 0.2) is 0 Å². The number of amides is 1. The first-order valence-corrected chi connectivity index (χ1v) is 10.2. The Hall–Kier alpha value is -3.24. The highest BCUT2D eigenvalue weighted by atomic mass is 32.2. The lowest BCUT2D eigenvalue weighted by Gasteiger charge is -2.14. The number of nitriles is 1. The molecule has 0 aliphatic carbocycles. The summed E-state index contributed by atoms with van der Waals surface area (Å²) >= 11 is 1.22. The molecular weight excluding hydrogens is 386 g/mol. The van der Waals surface area contributed by atoms with Crippen molar-refractivity contribution in [3.05, 3.63) is 75.8 Å². The summed E-state index contributed by atoms with van der Waals surface area (Å²) < 4.78 is 4.78. The van der Waals surface area contributed by atoms with Crippen molar-refractivity contribution in [3.8, 4) is 6.07 Å². The van der Waals surface area contributed by atoms with Crippen LogP contribution in [0, 0.1) is 18.3 Å². The van der Waals surface area contributed by atoms with E-state index in [9.17, 15) is 14.9 Å². The Morgan fingerprint density at radius 3 is 2.45 bits per heavy atom. The standard InChI is InChI=1S/C22H23N3O3S/c1-15-8-10-16(11-9-15)12-13-24-20(26)18(14-23)21(29-3)25-19-7-5-4-6-17(19)22(27)28-2/h4-11,25H,12-13H2,1-3H3,(H,24,26). The molecule has 0 saturated heterocycles. The molecule has 1 amide bonds. The van der Waals surface area contributed by atoms with Gasteiger partial charge in [0.1, 0.15) is 11.6 Å². The number of ether oxygens (including phenoxy) is 1. The predicted molar refractivity (Wildman–Crippen MR) is 115 cm³/mol. The molecule has 0 aliphatic rings. The number of carbonyl (C=O) groups excluding carboxylic acids is 2. The second-order valence-corrected chi connectivity index (χ2v) is 6.99. The van der Waals surface area contributed by atoms with E-state index >= 15 is 0 Å². The molecule has 0 aromatic heterocycles. The summed E-state index contributed by atoms with van der Waals surface area (Å²) in [5, 5.41) is 15.7. The van der Waals surface area contributed by atoms with E-state index < -0.39 is 11.9 Å². The van der Waals surface area contributed by atoms with Crippen LogP contribution in [0.4, 0.5) is 5.69 Å². The molecule has 0 bridgehead atoms. The molecule has 150 valence electrons. The van der Waals surface area contributed by atoms with Crippen LogP contribution >= 0.6 is 11.8 Å². The zero-order valence-corrected chi connectivity index (χ0v) is 17.4. The van der Waals surface area contributed by atoms with Crippen molar-refractivity contribution < 1.29 is 14.3 Å². The summed E-state index contributed by atoms with van der Waals surface area (Å²) in [6.45, 7) is 2.43. The number of esters is 1. The molecule has 0 atom stereocenters. The number of hydrogen-bond donors (Lipinski definition) is 2. The van der Waals surface area contributed by atoms with Crippen LogP contribution in [0.5, 0.6) is 0 Å². The zero-order valence-electron chi connectivity index (χ0n) is 16.6. The van der Waals surface area contributed by atoms with Gasteiger partial charge in [-0.2, -0.15) is 5.26 Å². The van der Waals surface area contributed by atoms with Gasteiger partial charge in [-0.1, -0.05) is 42.0 Å². The van der Waals surface area contributed by atoms with Crippen molar-refractivity contribution in [3.63, 3.8) is 0 Å². The van der Waals surface area contributed by atoms with Gasteiger partial charge in [-0.15, -0.1) is 11.8 Å². The fourth-order valence-corrected chi connectivity index (χ4v) is 3.14. The Balaban J connectivity index is 2.13. The minimum absolute atomic E-state index is 0.0407. The van der Waals surface area contributed by atoms with Crippen LogP contribution in [0.1, 0.15) is 21.5 Å². The average molecular weight is 410 g/mol. The van der Waals surface area contributed by atoms with E-state index in [2.05, 4.69) is 10.6 Å². The lowest BCUT2D eigenvalue weighted by Crippen LogP contribution is -2.28. The number of nitrogens with zero attached hydrogens (tertiary/aromatic N) is 1. The Labute approximate surface area is 175 Å². The number of hydrogen-bond acceptors (Lipinski definition) is 6. The number of rotatable bonds is 8. The number of nitrogens with one attached hydrogen (secondary N) is 2. The Morgan fingerprint density at radius 1 is 1.14 bits per heavy atom. The van der Waals surface area contributed by atoms with Gasteiger partial charge >= 0.3 is 5.97 Å². The third-order valence-corrected chi connectivity index (χ3v) is 4.88. The topological polar surface area (TPSA) is 91.2 Å². The number of thioether (sulfide) groups is 1. The van der Waals surface area contributed by atoms with E-state index in [-0.39, 0.29) is 5.57 Å². The molecule has 0 unspecified atom stereocenters. The van der Waals surface area contributed by atoms with Gasteiger partial charge in [0.25, 0.3) is 5.91 Å². The van der Waals surface area contributed by atoms with Crippen molar-refractivity contribution in [2.75, 3.05) is 25.2 Å². The first-order valence-electron chi connectivity index (χ1n) is 8.96. The number of benzene rings is 2. The van der Waals surface area contributed by atoms with Crippen LogP contribution in [0.2, 0.25) is 0 Å². The summed E-state index contributed by atoms with van der Waals surface area (Å²) in [5.74, 6) is -0.971. The van der Waals surface area contributed by atoms with Crippen LogP contribution in [0.25, 0.3) is 0 Å². The second-order valence-electron chi connectivity index (χ2n) is 6.17. The molecular formula is C22H23N3O3S. The van der Waals surface area contributed by atoms with Gasteiger partial charge in [-0.25, -0.2) is 4.79 Å². The van der Waals surface area contributed by atoms with Crippen molar-refractivity contribution >= 4 is 29.3 Å². The highest BCUT2D eigenvalue weighted by Crippen LogP contribution is 2.24. The summed E-state index contributed by atoms with van der Waals surface area (Å²) in [6, 6.07) is 16.8. The minimum Gasteiger partial charge on any atom is -0.465 e. The Kier molecular flexibility index (Phi) is 8.31. The number of methoxy groups -OCH3 is 1. The number of anilines is 1. The van der Waals surface area contributed by atoms with Gasteiger partial charge in [0.2, 0.25) is 0 Å². The molecule has 0 heterocycles. The molecule has 0 aliphatic heterocycles. The smallest absolute Gasteiger partial charge is 0.339 e. The number of carbonyl (C=O) groups is 2. The molecule has 2 aromatic rings. The van der Waals surface area contributed by atoms with Crippen molar-refractivity contribution in [1.29, 1.82) is 5.26 Å². The van der Waals surface area contributed by atoms with Crippen LogP contribution in [-0.2, 0) is 16.0 Å². The van der Waals surface area contributed by atoms with Crippen LogP contribution < -0.4 is 10.6 Å². The van der Waals surface area contributed by atoms with Crippen molar-refractivity contribution in [2.24, 2.45) is 0 Å². The summed E-state index contributed by atoms with van der Waals surface area (Å²) in [6.07, 6.45) is 2.41. The number of para-hydroxylation sites is 1. The van der Waals surface area contributed by atoms with Gasteiger partial charge in [0.05, 0.1) is 23.4 Å². The maximum absolute atomic E-state index is 12.5. The lowest BCUT2D eigenvalue weighted by atomic mass is 10.1. The first kappa shape index (κ1) is 22.1. The molecule has 0 radical (unpaired) electrons. The maximum Gasteiger partial charge on any atom is 0.339 e. The number of aryl methyl sites for hydroxylation is 1. The highest BCUT2D eigenvalue weighted by molar-refractivity contribution is 8.02. The largest absolute Gasteiger partial charge is 0.465 e. The molecule has 6 nitrogen and oxygen atoms in total. The summed E-state index contributed by atoms with van der Waals surface area (Å²) in [4.78, 5) is 24.5. The van der Waals surface area contributed by atoms with Crippen molar-refractivity contribution in [1.82, 2.24) is 5.32 Å². The normalized spacial score (nSPS) is 11.1. The Bertz CT molecular complexity index is 947. The van der Waals surface area contributed by atoms with Crippen molar-refractivity contribution in [2.45, 2.75) is 13.3 Å².